The molecule has 0 radical (unpaired) electrons. The Hall–Kier alpha value is -1.59. The summed E-state index contributed by atoms with van der Waals surface area (Å²) in [4.78, 5) is 8.74. The van der Waals surface area contributed by atoms with Gasteiger partial charge in [0.2, 0.25) is 0 Å². The molecule has 2 rings (SSSR count). The zero-order chi connectivity index (χ0) is 17.2. The number of rotatable bonds is 8. The molecule has 0 spiro atoms. The molecule has 0 unspecified atom stereocenters. The fourth-order valence-corrected chi connectivity index (χ4v) is 3.27. The molecule has 0 saturated carbocycles. The van der Waals surface area contributed by atoms with Crippen molar-refractivity contribution in [3.05, 3.63) is 50.9 Å². The molecule has 0 aliphatic carbocycles. The van der Waals surface area contributed by atoms with Gasteiger partial charge in [0.05, 0.1) is 5.01 Å². The average molecular weight is 365 g/mol. The van der Waals surface area contributed by atoms with E-state index in [-0.39, 0.29) is 0 Å². The number of guanidine groups is 1. The zero-order valence-corrected chi connectivity index (χ0v) is 15.9. The number of thiazole rings is 1. The van der Waals surface area contributed by atoms with Crippen LogP contribution in [0.5, 0.6) is 0 Å². The topological polar surface area (TPSA) is 49.3 Å². The van der Waals surface area contributed by atoms with Gasteiger partial charge in [-0.3, -0.25) is 4.99 Å². The third-order valence-corrected chi connectivity index (χ3v) is 4.90. The Bertz CT molecular complexity index is 637. The van der Waals surface area contributed by atoms with Crippen molar-refractivity contribution in [2.75, 3.05) is 20.1 Å². The lowest BCUT2D eigenvalue weighted by molar-refractivity contribution is 0.691. The van der Waals surface area contributed by atoms with Crippen molar-refractivity contribution in [2.24, 2.45) is 4.99 Å². The number of aryl methyl sites for hydroxylation is 2. The molecule has 130 valence electrons. The second kappa shape index (κ2) is 10.3. The summed E-state index contributed by atoms with van der Waals surface area (Å²) >= 11 is 7.65. The van der Waals surface area contributed by atoms with Gasteiger partial charge in [0.1, 0.15) is 0 Å². The number of hydrogen-bond donors (Lipinski definition) is 2. The molecule has 2 aromatic rings. The summed E-state index contributed by atoms with van der Waals surface area (Å²) in [5.74, 6) is 0.856. The van der Waals surface area contributed by atoms with Crippen molar-refractivity contribution in [1.29, 1.82) is 0 Å². The first-order valence-corrected chi connectivity index (χ1v) is 9.53. The number of aromatic nitrogens is 1. The summed E-state index contributed by atoms with van der Waals surface area (Å²) in [5.41, 5.74) is 2.39. The van der Waals surface area contributed by atoms with E-state index in [9.17, 15) is 0 Å². The second-order valence-corrected chi connectivity index (χ2v) is 7.02. The van der Waals surface area contributed by atoms with Crippen LogP contribution in [-0.4, -0.2) is 31.1 Å². The molecule has 0 aliphatic rings. The normalized spacial score (nSPS) is 11.5. The first kappa shape index (κ1) is 18.7. The van der Waals surface area contributed by atoms with Crippen LogP contribution in [0.1, 0.15) is 29.1 Å². The Morgan fingerprint density at radius 1 is 1.12 bits per heavy atom. The van der Waals surface area contributed by atoms with Gasteiger partial charge in [0.25, 0.3) is 0 Å². The van der Waals surface area contributed by atoms with Crippen molar-refractivity contribution in [3.8, 4) is 0 Å². The molecule has 4 nitrogen and oxygen atoms in total. The average Bonchev–Trinajstić information content (AvgIpc) is 3.00. The lowest BCUT2D eigenvalue weighted by Gasteiger charge is -2.11. The molecule has 24 heavy (non-hydrogen) atoms. The Balaban J connectivity index is 1.57. The first-order chi connectivity index (χ1) is 11.7. The lowest BCUT2D eigenvalue weighted by atomic mass is 10.1. The predicted molar refractivity (Wildman–Crippen MR) is 104 cm³/mol. The molecule has 1 aromatic carbocycles. The number of nitrogens with one attached hydrogen (secondary N) is 2. The molecule has 2 N–H and O–H groups in total. The SMILES string of the molecule is CN=C(NCCCCc1nc(C)cs1)NCCc1ccc(Cl)cc1. The van der Waals surface area contributed by atoms with Crippen LogP contribution >= 0.6 is 22.9 Å². The number of hydrogen-bond acceptors (Lipinski definition) is 3. The number of halogens is 1. The minimum Gasteiger partial charge on any atom is -0.356 e. The van der Waals surface area contributed by atoms with Crippen LogP contribution < -0.4 is 10.6 Å². The number of unbranched alkanes of at least 4 members (excludes halogenated alkanes) is 1. The highest BCUT2D eigenvalue weighted by molar-refractivity contribution is 7.09. The molecular weight excluding hydrogens is 340 g/mol. The summed E-state index contributed by atoms with van der Waals surface area (Å²) in [6.07, 6.45) is 4.25. The van der Waals surface area contributed by atoms with E-state index in [4.69, 9.17) is 11.6 Å². The van der Waals surface area contributed by atoms with Gasteiger partial charge in [-0.25, -0.2) is 4.98 Å². The van der Waals surface area contributed by atoms with E-state index in [0.717, 1.165) is 55.4 Å². The third kappa shape index (κ3) is 6.89. The standard InChI is InChI=1S/C18H25ClN4S/c1-14-13-24-17(23-14)5-3-4-11-21-18(20-2)22-12-10-15-6-8-16(19)9-7-15/h6-9,13H,3-5,10-12H2,1-2H3,(H2,20,21,22). The van der Waals surface area contributed by atoms with Crippen molar-refractivity contribution in [1.82, 2.24) is 15.6 Å². The molecule has 0 aliphatic heterocycles. The van der Waals surface area contributed by atoms with Gasteiger partial charge in [-0.1, -0.05) is 23.7 Å². The zero-order valence-electron chi connectivity index (χ0n) is 14.3. The first-order valence-electron chi connectivity index (χ1n) is 8.27. The summed E-state index contributed by atoms with van der Waals surface area (Å²) in [6, 6.07) is 7.96. The van der Waals surface area contributed by atoms with Gasteiger partial charge < -0.3 is 10.6 Å². The van der Waals surface area contributed by atoms with E-state index >= 15 is 0 Å². The highest BCUT2D eigenvalue weighted by atomic mass is 35.5. The molecule has 0 atom stereocenters. The van der Waals surface area contributed by atoms with Gasteiger partial charge in [-0.2, -0.15) is 0 Å². The maximum absolute atomic E-state index is 5.89. The quantitative estimate of drug-likeness (QED) is 0.425. The van der Waals surface area contributed by atoms with Gasteiger partial charge in [0.15, 0.2) is 5.96 Å². The van der Waals surface area contributed by atoms with Gasteiger partial charge >= 0.3 is 0 Å². The van der Waals surface area contributed by atoms with E-state index in [0.29, 0.717) is 0 Å². The minimum absolute atomic E-state index is 0.775. The van der Waals surface area contributed by atoms with Crippen molar-refractivity contribution in [2.45, 2.75) is 32.6 Å². The fourth-order valence-electron chi connectivity index (χ4n) is 2.32. The smallest absolute Gasteiger partial charge is 0.190 e. The van der Waals surface area contributed by atoms with E-state index in [1.807, 2.05) is 19.1 Å². The Morgan fingerprint density at radius 2 is 1.88 bits per heavy atom. The fraction of sp³-hybridized carbons (Fsp3) is 0.444. The van der Waals surface area contributed by atoms with Crippen LogP contribution in [0.2, 0.25) is 5.02 Å². The highest BCUT2D eigenvalue weighted by Crippen LogP contribution is 2.11. The maximum Gasteiger partial charge on any atom is 0.190 e. The summed E-state index contributed by atoms with van der Waals surface area (Å²) in [7, 11) is 1.80. The molecular formula is C18H25ClN4S. The molecule has 0 amide bonds. The Labute approximate surface area is 153 Å². The van der Waals surface area contributed by atoms with E-state index in [1.54, 1.807) is 18.4 Å². The highest BCUT2D eigenvalue weighted by Gasteiger charge is 2.00. The molecule has 0 bridgehead atoms. The molecule has 0 saturated heterocycles. The van der Waals surface area contributed by atoms with Gasteiger partial charge in [-0.15, -0.1) is 11.3 Å². The van der Waals surface area contributed by atoms with Crippen LogP contribution in [0.15, 0.2) is 34.6 Å². The minimum atomic E-state index is 0.775. The van der Waals surface area contributed by atoms with Crippen LogP contribution in [-0.2, 0) is 12.8 Å². The Morgan fingerprint density at radius 3 is 2.54 bits per heavy atom. The number of aliphatic imine (C=N–C) groups is 1. The van der Waals surface area contributed by atoms with Crippen LogP contribution in [0.4, 0.5) is 0 Å². The van der Waals surface area contributed by atoms with Gasteiger partial charge in [0, 0.05) is 36.2 Å². The van der Waals surface area contributed by atoms with E-state index < -0.39 is 0 Å². The van der Waals surface area contributed by atoms with Crippen molar-refractivity contribution >= 4 is 28.9 Å². The van der Waals surface area contributed by atoms with E-state index in [1.165, 1.54) is 10.6 Å². The Kier molecular flexibility index (Phi) is 8.05. The third-order valence-electron chi connectivity index (χ3n) is 3.62. The maximum atomic E-state index is 5.89. The summed E-state index contributed by atoms with van der Waals surface area (Å²) in [6.45, 7) is 3.81. The molecule has 1 heterocycles. The summed E-state index contributed by atoms with van der Waals surface area (Å²) < 4.78 is 0. The largest absolute Gasteiger partial charge is 0.356 e. The number of benzene rings is 1. The van der Waals surface area contributed by atoms with Gasteiger partial charge in [-0.05, 0) is 50.3 Å². The van der Waals surface area contributed by atoms with Crippen LogP contribution in [0.3, 0.4) is 0 Å². The predicted octanol–water partition coefficient (Wildman–Crippen LogP) is 3.84. The molecule has 0 fully saturated rings. The monoisotopic (exact) mass is 364 g/mol. The second-order valence-electron chi connectivity index (χ2n) is 5.64. The van der Waals surface area contributed by atoms with Crippen LogP contribution in [0.25, 0.3) is 0 Å². The molecule has 6 heteroatoms. The molecule has 1 aromatic heterocycles. The van der Waals surface area contributed by atoms with Crippen molar-refractivity contribution in [3.63, 3.8) is 0 Å². The van der Waals surface area contributed by atoms with Crippen molar-refractivity contribution < 1.29 is 0 Å². The summed E-state index contributed by atoms with van der Waals surface area (Å²) in [5, 5.41) is 10.8. The van der Waals surface area contributed by atoms with Crippen LogP contribution in [0, 0.1) is 6.92 Å². The number of nitrogens with zero attached hydrogens (tertiary/aromatic N) is 2. The lowest BCUT2D eigenvalue weighted by Crippen LogP contribution is -2.38. The van der Waals surface area contributed by atoms with E-state index in [2.05, 4.69) is 38.1 Å².